The summed E-state index contributed by atoms with van der Waals surface area (Å²) in [6.07, 6.45) is 0. The number of nitrogens with zero attached hydrogens (tertiary/aromatic N) is 2. The summed E-state index contributed by atoms with van der Waals surface area (Å²) in [6.45, 7) is 8.04. The summed E-state index contributed by atoms with van der Waals surface area (Å²) in [6, 6.07) is 6.67. The summed E-state index contributed by atoms with van der Waals surface area (Å²) in [4.78, 5) is 14.9. The quantitative estimate of drug-likeness (QED) is 0.250. The predicted octanol–water partition coefficient (Wildman–Crippen LogP) is 2.92. The van der Waals surface area contributed by atoms with Crippen LogP contribution in [0.5, 0.6) is 0 Å². The van der Waals surface area contributed by atoms with Crippen molar-refractivity contribution in [3.63, 3.8) is 0 Å². The van der Waals surface area contributed by atoms with Crippen molar-refractivity contribution >= 4 is 35.6 Å². The predicted molar refractivity (Wildman–Crippen MR) is 96.2 cm³/mol. The first-order valence-electron chi connectivity index (χ1n) is 6.79. The fraction of sp³-hybridized carbons (Fsp3) is 0.500. The van der Waals surface area contributed by atoms with Crippen molar-refractivity contribution in [2.24, 2.45) is 10.9 Å². The van der Waals surface area contributed by atoms with E-state index in [1.807, 2.05) is 6.92 Å². The second-order valence-corrected chi connectivity index (χ2v) is 4.86. The average Bonchev–Trinajstić information content (AvgIpc) is 2.42. The summed E-state index contributed by atoms with van der Waals surface area (Å²) < 4.78 is 0. The van der Waals surface area contributed by atoms with Crippen LogP contribution in [-0.4, -0.2) is 24.0 Å². The van der Waals surface area contributed by atoms with Gasteiger partial charge in [-0.05, 0) is 12.8 Å². The topological polar surface area (TPSA) is 79.6 Å². The standard InChI is InChI=1S/C14H22N4O2.HI/c1-4-15-14(16-9-11(2)3)17-10-12-7-5-6-8-13(12)18(19)20;/h5-8,11H,4,9-10H2,1-3H3,(H2,15,16,17);1H. The van der Waals surface area contributed by atoms with E-state index in [4.69, 9.17) is 0 Å². The fourth-order valence-corrected chi connectivity index (χ4v) is 1.63. The van der Waals surface area contributed by atoms with Crippen LogP contribution in [0.15, 0.2) is 29.3 Å². The Morgan fingerprint density at radius 2 is 2.00 bits per heavy atom. The summed E-state index contributed by atoms with van der Waals surface area (Å²) in [7, 11) is 0. The lowest BCUT2D eigenvalue weighted by Crippen LogP contribution is -2.39. The number of aliphatic imine (C=N–C) groups is 1. The second-order valence-electron chi connectivity index (χ2n) is 4.86. The van der Waals surface area contributed by atoms with E-state index in [9.17, 15) is 10.1 Å². The molecule has 0 spiro atoms. The van der Waals surface area contributed by atoms with Crippen LogP contribution in [0.1, 0.15) is 26.3 Å². The number of benzene rings is 1. The molecule has 21 heavy (non-hydrogen) atoms. The van der Waals surface area contributed by atoms with Crippen molar-refractivity contribution in [2.45, 2.75) is 27.3 Å². The van der Waals surface area contributed by atoms with Crippen molar-refractivity contribution in [3.8, 4) is 0 Å². The lowest BCUT2D eigenvalue weighted by atomic mass is 10.2. The van der Waals surface area contributed by atoms with Gasteiger partial charge in [-0.25, -0.2) is 4.99 Å². The summed E-state index contributed by atoms with van der Waals surface area (Å²) in [5, 5.41) is 17.3. The number of nitro groups is 1. The summed E-state index contributed by atoms with van der Waals surface area (Å²) in [5.74, 6) is 1.18. The number of halogens is 1. The molecule has 1 rings (SSSR count). The van der Waals surface area contributed by atoms with Crippen LogP contribution in [0, 0.1) is 16.0 Å². The zero-order valence-electron chi connectivity index (χ0n) is 12.6. The van der Waals surface area contributed by atoms with Crippen LogP contribution in [-0.2, 0) is 6.54 Å². The van der Waals surface area contributed by atoms with E-state index in [0.717, 1.165) is 13.1 Å². The van der Waals surface area contributed by atoms with E-state index >= 15 is 0 Å². The third-order valence-corrected chi connectivity index (χ3v) is 2.62. The van der Waals surface area contributed by atoms with Crippen LogP contribution in [0.25, 0.3) is 0 Å². The molecule has 1 aromatic rings. The van der Waals surface area contributed by atoms with Gasteiger partial charge in [0, 0.05) is 19.2 Å². The van der Waals surface area contributed by atoms with E-state index in [-0.39, 0.29) is 41.1 Å². The smallest absolute Gasteiger partial charge is 0.274 e. The zero-order valence-corrected chi connectivity index (χ0v) is 15.0. The lowest BCUT2D eigenvalue weighted by molar-refractivity contribution is -0.385. The van der Waals surface area contributed by atoms with E-state index in [1.54, 1.807) is 18.2 Å². The van der Waals surface area contributed by atoms with Gasteiger partial charge in [0.2, 0.25) is 0 Å². The van der Waals surface area contributed by atoms with Crippen molar-refractivity contribution in [1.29, 1.82) is 0 Å². The highest BCUT2D eigenvalue weighted by atomic mass is 127. The van der Waals surface area contributed by atoms with Crippen LogP contribution >= 0.6 is 24.0 Å². The van der Waals surface area contributed by atoms with Crippen LogP contribution < -0.4 is 10.6 Å². The Morgan fingerprint density at radius 1 is 1.33 bits per heavy atom. The maximum Gasteiger partial charge on any atom is 0.274 e. The number of nitrogens with one attached hydrogen (secondary N) is 2. The van der Waals surface area contributed by atoms with E-state index < -0.39 is 0 Å². The molecule has 0 radical (unpaired) electrons. The Balaban J connectivity index is 0.00000400. The minimum Gasteiger partial charge on any atom is -0.357 e. The van der Waals surface area contributed by atoms with Gasteiger partial charge in [0.05, 0.1) is 17.0 Å². The highest BCUT2D eigenvalue weighted by Gasteiger charge is 2.11. The molecule has 0 unspecified atom stereocenters. The van der Waals surface area contributed by atoms with E-state index in [0.29, 0.717) is 17.4 Å². The van der Waals surface area contributed by atoms with E-state index in [2.05, 4.69) is 29.5 Å². The Bertz CT molecular complexity index is 478. The molecular weight excluding hydrogens is 383 g/mol. The van der Waals surface area contributed by atoms with Gasteiger partial charge < -0.3 is 10.6 Å². The van der Waals surface area contributed by atoms with Crippen LogP contribution in [0.2, 0.25) is 0 Å². The monoisotopic (exact) mass is 406 g/mol. The molecule has 0 aliphatic heterocycles. The van der Waals surface area contributed by atoms with Crippen molar-refractivity contribution in [2.75, 3.05) is 13.1 Å². The van der Waals surface area contributed by atoms with Gasteiger partial charge in [-0.15, -0.1) is 24.0 Å². The van der Waals surface area contributed by atoms with E-state index in [1.165, 1.54) is 6.07 Å². The first-order chi connectivity index (χ1) is 9.54. The maximum absolute atomic E-state index is 10.9. The highest BCUT2D eigenvalue weighted by Crippen LogP contribution is 2.18. The molecule has 0 atom stereocenters. The normalized spacial score (nSPS) is 11.0. The van der Waals surface area contributed by atoms with Crippen LogP contribution in [0.3, 0.4) is 0 Å². The Labute approximate surface area is 142 Å². The van der Waals surface area contributed by atoms with Gasteiger partial charge in [0.1, 0.15) is 0 Å². The van der Waals surface area contributed by atoms with Gasteiger partial charge in [0.15, 0.2) is 5.96 Å². The molecule has 0 saturated carbocycles. The summed E-state index contributed by atoms with van der Waals surface area (Å²) in [5.41, 5.74) is 0.718. The minimum atomic E-state index is -0.376. The molecule has 7 heteroatoms. The molecular formula is C14H23IN4O2. The molecule has 0 heterocycles. The summed E-state index contributed by atoms with van der Waals surface area (Å²) >= 11 is 0. The molecule has 2 N–H and O–H groups in total. The zero-order chi connectivity index (χ0) is 15.0. The molecule has 0 amide bonds. The van der Waals surface area contributed by atoms with Gasteiger partial charge >= 0.3 is 0 Å². The number of rotatable bonds is 6. The molecule has 6 nitrogen and oxygen atoms in total. The Hall–Kier alpha value is -1.38. The minimum absolute atomic E-state index is 0. The largest absolute Gasteiger partial charge is 0.357 e. The fourth-order valence-electron chi connectivity index (χ4n) is 1.63. The molecule has 0 fully saturated rings. The average molecular weight is 406 g/mol. The highest BCUT2D eigenvalue weighted by molar-refractivity contribution is 14.0. The number of guanidine groups is 1. The van der Waals surface area contributed by atoms with Crippen molar-refractivity contribution < 1.29 is 4.92 Å². The molecule has 0 aliphatic carbocycles. The van der Waals surface area contributed by atoms with Gasteiger partial charge in [-0.2, -0.15) is 0 Å². The molecule has 0 saturated heterocycles. The second kappa shape index (κ2) is 10.4. The number of hydrogen-bond acceptors (Lipinski definition) is 3. The SMILES string of the molecule is CCNC(=NCc1ccccc1[N+](=O)[O-])NCC(C)C.I. The number of hydrogen-bond donors (Lipinski definition) is 2. The first kappa shape index (κ1) is 19.6. The van der Waals surface area contributed by atoms with Gasteiger partial charge in [-0.1, -0.05) is 32.0 Å². The van der Waals surface area contributed by atoms with Gasteiger partial charge in [-0.3, -0.25) is 10.1 Å². The molecule has 118 valence electrons. The Morgan fingerprint density at radius 3 is 2.57 bits per heavy atom. The molecule has 1 aromatic carbocycles. The third kappa shape index (κ3) is 7.26. The Kier molecular flexibility index (Phi) is 9.68. The molecule has 0 aliphatic rings. The van der Waals surface area contributed by atoms with Crippen molar-refractivity contribution in [1.82, 2.24) is 10.6 Å². The maximum atomic E-state index is 10.9. The van der Waals surface area contributed by atoms with Gasteiger partial charge in [0.25, 0.3) is 5.69 Å². The lowest BCUT2D eigenvalue weighted by Gasteiger charge is -2.12. The molecule has 0 bridgehead atoms. The number of para-hydroxylation sites is 1. The van der Waals surface area contributed by atoms with Crippen molar-refractivity contribution in [3.05, 3.63) is 39.9 Å². The van der Waals surface area contributed by atoms with Crippen LogP contribution in [0.4, 0.5) is 5.69 Å². The number of nitro benzene ring substituents is 1. The molecule has 0 aromatic heterocycles. The first-order valence-corrected chi connectivity index (χ1v) is 6.79. The third-order valence-electron chi connectivity index (χ3n) is 2.62.